The number of halogens is 3. The van der Waals surface area contributed by atoms with Crippen LogP contribution in [0, 0.1) is 5.41 Å². The number of aliphatic hydroxyl groups excluding tert-OH is 1. The molecule has 0 fully saturated rings. The van der Waals surface area contributed by atoms with Gasteiger partial charge in [0.25, 0.3) is 0 Å². The predicted octanol–water partition coefficient (Wildman–Crippen LogP) is 4.05. The van der Waals surface area contributed by atoms with E-state index < -0.39 is 34.3 Å². The summed E-state index contributed by atoms with van der Waals surface area (Å²) < 4.78 is 37.0. The zero-order chi connectivity index (χ0) is 20.6. The summed E-state index contributed by atoms with van der Waals surface area (Å²) in [6.07, 6.45) is -0.788. The van der Waals surface area contributed by atoms with E-state index in [2.05, 4.69) is 4.98 Å². The first kappa shape index (κ1) is 21.4. The van der Waals surface area contributed by atoms with Gasteiger partial charge in [-0.1, -0.05) is 13.8 Å². The molecule has 0 radical (unpaired) electrons. The van der Waals surface area contributed by atoms with Crippen molar-refractivity contribution in [2.24, 2.45) is 5.41 Å². The molecule has 0 amide bonds. The summed E-state index contributed by atoms with van der Waals surface area (Å²) in [7, 11) is 2.47. The Labute approximate surface area is 160 Å². The molecule has 1 aromatic heterocycles. The second kappa shape index (κ2) is 7.61. The third-order valence-corrected chi connectivity index (χ3v) is 4.67. The third kappa shape index (κ3) is 4.17. The van der Waals surface area contributed by atoms with Gasteiger partial charge in [-0.2, -0.15) is 8.78 Å². The molecule has 0 bridgehead atoms. The van der Waals surface area contributed by atoms with Crippen LogP contribution in [0.5, 0.6) is 0 Å². The van der Waals surface area contributed by atoms with E-state index in [9.17, 15) is 23.5 Å². The molecule has 1 aliphatic rings. The van der Waals surface area contributed by atoms with Crippen LogP contribution >= 0.6 is 11.6 Å². The smallest absolute Gasteiger partial charge is 0.364 e. The summed E-state index contributed by atoms with van der Waals surface area (Å²) in [6.45, 7) is 3.40. The fraction of sp³-hybridized carbons (Fsp3) is 0.500. The number of pyridine rings is 1. The van der Waals surface area contributed by atoms with Crippen LogP contribution in [0.15, 0.2) is 23.5 Å². The lowest BCUT2D eigenvalue weighted by Gasteiger charge is -2.30. The van der Waals surface area contributed by atoms with E-state index in [1.807, 2.05) is 0 Å². The van der Waals surface area contributed by atoms with Crippen LogP contribution in [-0.2, 0) is 19.6 Å². The molecule has 9 heteroatoms. The van der Waals surface area contributed by atoms with Gasteiger partial charge >= 0.3 is 5.38 Å². The van der Waals surface area contributed by atoms with E-state index in [-0.39, 0.29) is 29.0 Å². The first-order valence-electron chi connectivity index (χ1n) is 8.09. The normalized spacial score (nSPS) is 17.6. The van der Waals surface area contributed by atoms with Crippen molar-refractivity contribution in [3.8, 4) is 0 Å². The number of rotatable bonds is 6. The van der Waals surface area contributed by atoms with Crippen LogP contribution in [-0.4, -0.2) is 35.9 Å². The van der Waals surface area contributed by atoms with Gasteiger partial charge in [0, 0.05) is 31.6 Å². The lowest BCUT2D eigenvalue weighted by atomic mass is 9.75. The number of carbonyl (C=O) groups excluding carboxylic acids is 2. The molecule has 148 valence electrons. The predicted molar refractivity (Wildman–Crippen MR) is 92.8 cm³/mol. The summed E-state index contributed by atoms with van der Waals surface area (Å²) in [4.78, 5) is 29.0. The van der Waals surface area contributed by atoms with Crippen LogP contribution in [0.3, 0.4) is 0 Å². The molecule has 1 heterocycles. The van der Waals surface area contributed by atoms with E-state index in [4.69, 9.17) is 21.1 Å². The van der Waals surface area contributed by atoms with Crippen molar-refractivity contribution >= 4 is 23.2 Å². The maximum Gasteiger partial charge on any atom is 0.364 e. The second-order valence-corrected chi connectivity index (χ2v) is 7.26. The molecule has 0 atom stereocenters. The van der Waals surface area contributed by atoms with E-state index >= 15 is 0 Å². The number of nitrogens with zero attached hydrogens (tertiary/aromatic N) is 1. The Balaban J connectivity index is 2.66. The van der Waals surface area contributed by atoms with Gasteiger partial charge in [0.2, 0.25) is 12.1 Å². The highest BCUT2D eigenvalue weighted by Crippen LogP contribution is 2.39. The number of aromatic nitrogens is 1. The van der Waals surface area contributed by atoms with Crippen LogP contribution in [0.1, 0.15) is 54.7 Å². The summed E-state index contributed by atoms with van der Waals surface area (Å²) >= 11 is 5.02. The molecule has 1 N–H and O–H groups in total. The molecule has 1 aliphatic carbocycles. The van der Waals surface area contributed by atoms with Gasteiger partial charge in [-0.05, 0) is 30.2 Å². The number of Topliss-reactive ketones (excluding diaryl/α,β-unsaturated/α-hetero) is 2. The molecule has 0 aromatic carbocycles. The van der Waals surface area contributed by atoms with E-state index in [0.29, 0.717) is 6.42 Å². The van der Waals surface area contributed by atoms with E-state index in [1.165, 1.54) is 14.2 Å². The van der Waals surface area contributed by atoms with Crippen LogP contribution in [0.2, 0.25) is 0 Å². The minimum Gasteiger partial charge on any atom is -0.511 e. The number of hydrogen-bond acceptors (Lipinski definition) is 6. The highest BCUT2D eigenvalue weighted by molar-refractivity contribution is 6.27. The van der Waals surface area contributed by atoms with E-state index in [0.717, 1.165) is 12.1 Å². The average molecular weight is 404 g/mol. The molecular formula is C18H20ClF2NO5. The zero-order valence-corrected chi connectivity index (χ0v) is 16.1. The summed E-state index contributed by atoms with van der Waals surface area (Å²) in [6, 6.07) is 1.94. The Morgan fingerprint density at radius 1 is 1.33 bits per heavy atom. The minimum atomic E-state index is -3.77. The molecule has 1 aromatic rings. The van der Waals surface area contributed by atoms with Gasteiger partial charge in [0.1, 0.15) is 22.7 Å². The Hall–Kier alpha value is -1.90. The Morgan fingerprint density at radius 2 is 1.93 bits per heavy atom. The molecule has 0 aliphatic heterocycles. The van der Waals surface area contributed by atoms with Crippen molar-refractivity contribution in [2.75, 3.05) is 14.2 Å². The standard InChI is InChI=1S/C18H20ClF2NO5/c1-17(2)8-7-10(23)12(15(17)25)14(24)9-5-6-11(18(19,20)21)22-13(9)16(26-3)27-4/h5-6,16,25H,7-8H2,1-4H3. The van der Waals surface area contributed by atoms with Crippen molar-refractivity contribution in [1.29, 1.82) is 0 Å². The Bertz CT molecular complexity index is 797. The SMILES string of the molecule is COC(OC)c1nc(C(F)(F)Cl)ccc1C(=O)C1=C(O)C(C)(C)CCC1=O. The molecule has 6 nitrogen and oxygen atoms in total. The highest BCUT2D eigenvalue weighted by Gasteiger charge is 2.40. The summed E-state index contributed by atoms with van der Waals surface area (Å²) in [5, 5.41) is 6.67. The average Bonchev–Trinajstić information content (AvgIpc) is 2.59. The third-order valence-electron chi connectivity index (χ3n) is 4.47. The minimum absolute atomic E-state index is 0.0801. The molecule has 0 unspecified atom stereocenters. The Kier molecular flexibility index (Phi) is 6.03. The topological polar surface area (TPSA) is 85.7 Å². The lowest BCUT2D eigenvalue weighted by molar-refractivity contribution is -0.117. The van der Waals surface area contributed by atoms with Crippen LogP contribution < -0.4 is 0 Å². The van der Waals surface area contributed by atoms with Gasteiger partial charge in [0.15, 0.2) is 5.78 Å². The summed E-state index contributed by atoms with van der Waals surface area (Å²) in [5.74, 6) is -1.70. The van der Waals surface area contributed by atoms with Gasteiger partial charge in [-0.15, -0.1) is 0 Å². The monoisotopic (exact) mass is 403 g/mol. The maximum absolute atomic E-state index is 13.5. The lowest BCUT2D eigenvalue weighted by Crippen LogP contribution is -2.30. The van der Waals surface area contributed by atoms with Gasteiger partial charge in [-0.25, -0.2) is 4.98 Å². The molecule has 27 heavy (non-hydrogen) atoms. The number of allylic oxidation sites excluding steroid dienone is 2. The zero-order valence-electron chi connectivity index (χ0n) is 15.3. The number of alkyl halides is 3. The van der Waals surface area contributed by atoms with E-state index in [1.54, 1.807) is 13.8 Å². The number of ketones is 2. The van der Waals surface area contributed by atoms with Crippen molar-refractivity contribution in [2.45, 2.75) is 38.4 Å². The van der Waals surface area contributed by atoms with Crippen molar-refractivity contribution in [1.82, 2.24) is 4.98 Å². The van der Waals surface area contributed by atoms with Crippen LogP contribution in [0.4, 0.5) is 8.78 Å². The first-order valence-corrected chi connectivity index (χ1v) is 8.47. The Morgan fingerprint density at radius 3 is 2.44 bits per heavy atom. The van der Waals surface area contributed by atoms with Gasteiger partial charge in [-0.3, -0.25) is 9.59 Å². The molecule has 2 rings (SSSR count). The molecule has 0 saturated carbocycles. The molecular weight excluding hydrogens is 384 g/mol. The highest BCUT2D eigenvalue weighted by atomic mass is 35.5. The number of ether oxygens (including phenoxy) is 2. The summed E-state index contributed by atoms with van der Waals surface area (Å²) in [5.41, 5.74) is -2.41. The van der Waals surface area contributed by atoms with Gasteiger partial charge in [0.05, 0.1) is 0 Å². The fourth-order valence-corrected chi connectivity index (χ4v) is 2.94. The van der Waals surface area contributed by atoms with Crippen LogP contribution in [0.25, 0.3) is 0 Å². The quantitative estimate of drug-likeness (QED) is 0.334. The first-order chi connectivity index (χ1) is 12.4. The largest absolute Gasteiger partial charge is 0.511 e. The number of methoxy groups -OCH3 is 2. The second-order valence-electron chi connectivity index (χ2n) is 6.79. The molecule has 0 saturated heterocycles. The van der Waals surface area contributed by atoms with Crippen molar-refractivity contribution in [3.05, 3.63) is 40.4 Å². The maximum atomic E-state index is 13.5. The molecule has 0 spiro atoms. The fourth-order valence-electron chi connectivity index (χ4n) is 2.83. The number of hydrogen-bond donors (Lipinski definition) is 1. The van der Waals surface area contributed by atoms with Crippen molar-refractivity contribution < 1.29 is 33.0 Å². The number of carbonyl (C=O) groups is 2. The van der Waals surface area contributed by atoms with Crippen molar-refractivity contribution in [3.63, 3.8) is 0 Å². The number of aliphatic hydroxyl groups is 1. The van der Waals surface area contributed by atoms with Gasteiger partial charge < -0.3 is 14.6 Å².